The Morgan fingerprint density at radius 3 is 2.83 bits per heavy atom. The number of thioether (sulfide) groups is 1. The number of benzene rings is 1. The molecular weight excluding hydrogens is 310 g/mol. The summed E-state index contributed by atoms with van der Waals surface area (Å²) in [7, 11) is 4.01. The fraction of sp³-hybridized carbons (Fsp3) is 0.412. The van der Waals surface area contributed by atoms with Crippen LogP contribution in [0.3, 0.4) is 0 Å². The molecule has 1 aromatic rings. The number of ether oxygens (including phenoxy) is 1. The Balaban J connectivity index is 1.65. The summed E-state index contributed by atoms with van der Waals surface area (Å²) < 4.78 is 5.54. The zero-order chi connectivity index (χ0) is 16.2. The molecule has 0 spiro atoms. The molecule has 122 valence electrons. The summed E-state index contributed by atoms with van der Waals surface area (Å²) in [5.74, 6) is -0.0854. The van der Waals surface area contributed by atoms with Gasteiger partial charge >= 0.3 is 0 Å². The molecule has 0 saturated carbocycles. The lowest BCUT2D eigenvalue weighted by Crippen LogP contribution is -2.21. The molecule has 2 heterocycles. The lowest BCUT2D eigenvalue weighted by molar-refractivity contribution is -0.115. The highest BCUT2D eigenvalue weighted by Gasteiger charge is 2.24. The van der Waals surface area contributed by atoms with Crippen LogP contribution in [0.2, 0.25) is 0 Å². The Morgan fingerprint density at radius 2 is 2.17 bits per heavy atom. The summed E-state index contributed by atoms with van der Waals surface area (Å²) in [6, 6.07) is 8.10. The van der Waals surface area contributed by atoms with Crippen LogP contribution in [-0.4, -0.2) is 44.4 Å². The topological polar surface area (TPSA) is 53.9 Å². The number of hydrogen-bond acceptors (Lipinski definition) is 5. The zero-order valence-electron chi connectivity index (χ0n) is 13.4. The number of amidine groups is 1. The highest BCUT2D eigenvalue weighted by molar-refractivity contribution is 8.18. The van der Waals surface area contributed by atoms with Gasteiger partial charge in [-0.05, 0) is 48.4 Å². The number of anilines is 1. The largest absolute Gasteiger partial charge is 0.378 e. The van der Waals surface area contributed by atoms with Crippen LogP contribution < -0.4 is 10.2 Å². The normalized spacial score (nSPS) is 24.4. The summed E-state index contributed by atoms with van der Waals surface area (Å²) in [6.45, 7) is 1.44. The van der Waals surface area contributed by atoms with Crippen molar-refractivity contribution < 1.29 is 9.53 Å². The van der Waals surface area contributed by atoms with Crippen LogP contribution in [0.4, 0.5) is 5.69 Å². The maximum absolute atomic E-state index is 12.0. The zero-order valence-corrected chi connectivity index (χ0v) is 14.2. The van der Waals surface area contributed by atoms with E-state index in [2.05, 4.69) is 10.3 Å². The van der Waals surface area contributed by atoms with Crippen molar-refractivity contribution in [2.24, 2.45) is 4.99 Å². The van der Waals surface area contributed by atoms with E-state index in [1.54, 1.807) is 0 Å². The number of carbonyl (C=O) groups excluding carboxylic acids is 1. The average Bonchev–Trinajstić information content (AvgIpc) is 3.16. The molecular formula is C17H21N3O2S. The van der Waals surface area contributed by atoms with Gasteiger partial charge < -0.3 is 15.0 Å². The Bertz CT molecular complexity index is 632. The lowest BCUT2D eigenvalue weighted by Gasteiger charge is -2.11. The van der Waals surface area contributed by atoms with Gasteiger partial charge in [0.25, 0.3) is 5.91 Å². The molecule has 1 amide bonds. The van der Waals surface area contributed by atoms with Crippen molar-refractivity contribution >= 4 is 34.6 Å². The Morgan fingerprint density at radius 1 is 1.39 bits per heavy atom. The summed E-state index contributed by atoms with van der Waals surface area (Å²) in [4.78, 5) is 19.2. The van der Waals surface area contributed by atoms with Crippen LogP contribution in [0.15, 0.2) is 34.2 Å². The molecule has 3 rings (SSSR count). The van der Waals surface area contributed by atoms with Gasteiger partial charge in [0.2, 0.25) is 0 Å². The third-order valence-electron chi connectivity index (χ3n) is 3.82. The Kier molecular flexibility index (Phi) is 5.03. The van der Waals surface area contributed by atoms with Gasteiger partial charge in [0, 0.05) is 26.4 Å². The number of nitrogens with one attached hydrogen (secondary N) is 1. The molecule has 5 nitrogen and oxygen atoms in total. The fourth-order valence-corrected chi connectivity index (χ4v) is 3.32. The standard InChI is InChI=1S/C17H21N3O2S/c1-20(2)13-7-5-12(6-8-13)10-15-16(21)19-17(23-15)18-11-14-4-3-9-22-14/h5-8,10,14H,3-4,9,11H2,1-2H3,(H,18,19,21)/b15-10+. The number of nitrogens with zero attached hydrogens (tertiary/aromatic N) is 2. The Labute approximate surface area is 140 Å². The van der Waals surface area contributed by atoms with Gasteiger partial charge in [-0.3, -0.25) is 9.79 Å². The van der Waals surface area contributed by atoms with E-state index in [1.165, 1.54) is 11.8 Å². The van der Waals surface area contributed by atoms with Crippen LogP contribution in [0.1, 0.15) is 18.4 Å². The molecule has 0 aromatic heterocycles. The minimum absolute atomic E-state index is 0.0854. The van der Waals surface area contributed by atoms with Gasteiger partial charge in [0.1, 0.15) is 0 Å². The van der Waals surface area contributed by atoms with Gasteiger partial charge in [-0.25, -0.2) is 0 Å². The molecule has 2 fully saturated rings. The third-order valence-corrected chi connectivity index (χ3v) is 4.77. The molecule has 1 unspecified atom stereocenters. The predicted molar refractivity (Wildman–Crippen MR) is 95.8 cm³/mol. The second-order valence-electron chi connectivity index (χ2n) is 5.83. The molecule has 0 bridgehead atoms. The molecule has 1 N–H and O–H groups in total. The molecule has 6 heteroatoms. The molecule has 2 aliphatic heterocycles. The van der Waals surface area contributed by atoms with Gasteiger partial charge in [0.15, 0.2) is 5.17 Å². The van der Waals surface area contributed by atoms with Crippen molar-refractivity contribution in [3.63, 3.8) is 0 Å². The minimum Gasteiger partial charge on any atom is -0.378 e. The van der Waals surface area contributed by atoms with E-state index in [-0.39, 0.29) is 12.0 Å². The van der Waals surface area contributed by atoms with Gasteiger partial charge in [-0.2, -0.15) is 0 Å². The summed E-state index contributed by atoms with van der Waals surface area (Å²) in [5.41, 5.74) is 2.14. The van der Waals surface area contributed by atoms with Gasteiger partial charge in [-0.1, -0.05) is 12.1 Å². The quantitative estimate of drug-likeness (QED) is 0.861. The van der Waals surface area contributed by atoms with Crippen LogP contribution in [-0.2, 0) is 9.53 Å². The van der Waals surface area contributed by atoms with E-state index >= 15 is 0 Å². The highest BCUT2D eigenvalue weighted by Crippen LogP contribution is 2.27. The van der Waals surface area contributed by atoms with E-state index in [9.17, 15) is 4.79 Å². The van der Waals surface area contributed by atoms with Crippen molar-refractivity contribution in [3.8, 4) is 0 Å². The summed E-state index contributed by atoms with van der Waals surface area (Å²) in [5, 5.41) is 3.49. The first kappa shape index (κ1) is 16.1. The lowest BCUT2D eigenvalue weighted by atomic mass is 10.2. The second-order valence-corrected chi connectivity index (χ2v) is 6.86. The monoisotopic (exact) mass is 331 g/mol. The van der Waals surface area contributed by atoms with Crippen LogP contribution in [0.5, 0.6) is 0 Å². The molecule has 2 saturated heterocycles. The van der Waals surface area contributed by atoms with E-state index in [0.717, 1.165) is 30.7 Å². The fourth-order valence-electron chi connectivity index (χ4n) is 2.49. The summed E-state index contributed by atoms with van der Waals surface area (Å²) in [6.07, 6.45) is 4.25. The number of amides is 1. The molecule has 1 atom stereocenters. The second kappa shape index (κ2) is 7.19. The summed E-state index contributed by atoms with van der Waals surface area (Å²) >= 11 is 1.39. The molecule has 23 heavy (non-hydrogen) atoms. The SMILES string of the molecule is CN(C)c1ccc(/C=C2/SC(=NCC3CCCO3)NC2=O)cc1. The molecule has 1 aromatic carbocycles. The van der Waals surface area contributed by atoms with Gasteiger partial charge in [-0.15, -0.1) is 0 Å². The Hall–Kier alpha value is -1.79. The van der Waals surface area contributed by atoms with E-state index in [4.69, 9.17) is 4.74 Å². The number of aliphatic imine (C=N–C) groups is 1. The van der Waals surface area contributed by atoms with Crippen molar-refractivity contribution in [1.82, 2.24) is 5.32 Å². The van der Waals surface area contributed by atoms with Crippen molar-refractivity contribution in [2.45, 2.75) is 18.9 Å². The number of rotatable bonds is 4. The molecule has 0 aliphatic carbocycles. The predicted octanol–water partition coefficient (Wildman–Crippen LogP) is 2.49. The average molecular weight is 331 g/mol. The van der Waals surface area contributed by atoms with E-state index in [0.29, 0.717) is 16.6 Å². The van der Waals surface area contributed by atoms with Crippen molar-refractivity contribution in [3.05, 3.63) is 34.7 Å². The molecule has 0 radical (unpaired) electrons. The molecule has 2 aliphatic rings. The van der Waals surface area contributed by atoms with E-state index < -0.39 is 0 Å². The number of carbonyl (C=O) groups is 1. The van der Waals surface area contributed by atoms with Crippen LogP contribution >= 0.6 is 11.8 Å². The van der Waals surface area contributed by atoms with Gasteiger partial charge in [0.05, 0.1) is 17.6 Å². The first-order valence-electron chi connectivity index (χ1n) is 7.76. The van der Waals surface area contributed by atoms with E-state index in [1.807, 2.05) is 49.3 Å². The highest BCUT2D eigenvalue weighted by atomic mass is 32.2. The van der Waals surface area contributed by atoms with Crippen molar-refractivity contribution in [1.29, 1.82) is 0 Å². The first-order valence-corrected chi connectivity index (χ1v) is 8.58. The van der Waals surface area contributed by atoms with Crippen LogP contribution in [0, 0.1) is 0 Å². The van der Waals surface area contributed by atoms with Crippen molar-refractivity contribution in [2.75, 3.05) is 32.1 Å². The first-order chi connectivity index (χ1) is 11.1. The third kappa shape index (κ3) is 4.14. The smallest absolute Gasteiger partial charge is 0.264 e. The van der Waals surface area contributed by atoms with Crippen LogP contribution in [0.25, 0.3) is 6.08 Å². The maximum Gasteiger partial charge on any atom is 0.264 e. The maximum atomic E-state index is 12.0. The number of hydrogen-bond donors (Lipinski definition) is 1. The minimum atomic E-state index is -0.0854.